The van der Waals surface area contributed by atoms with Crippen LogP contribution in [0.25, 0.3) is 0 Å². The van der Waals surface area contributed by atoms with E-state index in [0.717, 1.165) is 0 Å². The third kappa shape index (κ3) is 6.55. The minimum atomic E-state index is -0.858. The van der Waals surface area contributed by atoms with E-state index in [1.54, 1.807) is 12.1 Å². The van der Waals surface area contributed by atoms with Gasteiger partial charge in [0, 0.05) is 18.5 Å². The number of benzene rings is 1. The minimum Gasteiger partial charge on any atom is -0.493 e. The van der Waals surface area contributed by atoms with Crippen LogP contribution < -0.4 is 20.1 Å². The zero-order chi connectivity index (χ0) is 17.9. The van der Waals surface area contributed by atoms with Gasteiger partial charge in [-0.1, -0.05) is 0 Å². The summed E-state index contributed by atoms with van der Waals surface area (Å²) in [5.74, 6) is -0.666. The third-order valence-corrected chi connectivity index (χ3v) is 3.19. The lowest BCUT2D eigenvalue weighted by Gasteiger charge is -2.10. The van der Waals surface area contributed by atoms with E-state index in [0.29, 0.717) is 36.4 Å². The summed E-state index contributed by atoms with van der Waals surface area (Å²) in [4.78, 5) is 34.0. The lowest BCUT2D eigenvalue weighted by atomic mass is 10.2. The number of unbranched alkanes of at least 4 members (excludes halogenated alkanes) is 1. The number of carboxylic acids is 1. The van der Waals surface area contributed by atoms with Crippen LogP contribution in [0, 0.1) is 0 Å². The molecule has 0 spiro atoms. The molecule has 0 unspecified atom stereocenters. The molecule has 3 N–H and O–H groups in total. The molecule has 8 heteroatoms. The summed E-state index contributed by atoms with van der Waals surface area (Å²) < 4.78 is 10.2. The van der Waals surface area contributed by atoms with Gasteiger partial charge in [-0.05, 0) is 31.0 Å². The van der Waals surface area contributed by atoms with E-state index in [2.05, 4.69) is 10.6 Å². The van der Waals surface area contributed by atoms with Gasteiger partial charge in [-0.3, -0.25) is 14.4 Å². The Hall–Kier alpha value is -2.77. The highest BCUT2D eigenvalue weighted by molar-refractivity contribution is 5.97. The van der Waals surface area contributed by atoms with Crippen molar-refractivity contribution in [3.63, 3.8) is 0 Å². The number of carboxylic acid groups (broad SMARTS) is 1. The quantitative estimate of drug-likeness (QED) is 0.544. The second-order valence-corrected chi connectivity index (χ2v) is 4.95. The standard InChI is InChI=1S/C16H22N2O6/c1-23-12-7-6-11(9-13(12)24-2)16(22)18-10-14(19)17-8-4-3-5-15(20)21/h6-7,9H,3-5,8,10H2,1-2H3,(H,17,19)(H,18,22)(H,20,21). The molecule has 0 aromatic heterocycles. The Bertz CT molecular complexity index is 588. The molecule has 0 fully saturated rings. The van der Waals surface area contributed by atoms with Crippen LogP contribution in [0.15, 0.2) is 18.2 Å². The molecule has 132 valence electrons. The molecule has 0 heterocycles. The molecule has 2 amide bonds. The Labute approximate surface area is 140 Å². The lowest BCUT2D eigenvalue weighted by molar-refractivity contribution is -0.137. The first-order chi connectivity index (χ1) is 11.5. The van der Waals surface area contributed by atoms with Gasteiger partial charge in [-0.25, -0.2) is 0 Å². The molecule has 1 aromatic rings. The summed E-state index contributed by atoms with van der Waals surface area (Å²) in [5.41, 5.74) is 0.349. The molecule has 0 atom stereocenters. The van der Waals surface area contributed by atoms with E-state index in [9.17, 15) is 14.4 Å². The number of methoxy groups -OCH3 is 2. The Morgan fingerprint density at radius 1 is 1.04 bits per heavy atom. The van der Waals surface area contributed by atoms with Crippen molar-refractivity contribution < 1.29 is 29.0 Å². The van der Waals surface area contributed by atoms with E-state index in [1.807, 2.05) is 0 Å². The van der Waals surface area contributed by atoms with Crippen LogP contribution in [0.1, 0.15) is 29.6 Å². The topological polar surface area (TPSA) is 114 Å². The third-order valence-electron chi connectivity index (χ3n) is 3.19. The summed E-state index contributed by atoms with van der Waals surface area (Å²) in [6.07, 6.45) is 1.14. The number of nitrogens with one attached hydrogen (secondary N) is 2. The molecule has 0 bridgehead atoms. The largest absolute Gasteiger partial charge is 0.493 e. The molecule has 0 radical (unpaired) electrons. The van der Waals surface area contributed by atoms with Crippen LogP contribution in [0.3, 0.4) is 0 Å². The van der Waals surface area contributed by atoms with Gasteiger partial charge in [0.15, 0.2) is 11.5 Å². The van der Waals surface area contributed by atoms with Crippen molar-refractivity contribution in [3.05, 3.63) is 23.8 Å². The van der Waals surface area contributed by atoms with Crippen molar-refractivity contribution >= 4 is 17.8 Å². The van der Waals surface area contributed by atoms with Crippen LogP contribution in [-0.2, 0) is 9.59 Å². The lowest BCUT2D eigenvalue weighted by Crippen LogP contribution is -2.37. The summed E-state index contributed by atoms with van der Waals surface area (Å²) in [6, 6.07) is 4.70. The molecule has 0 saturated heterocycles. The highest BCUT2D eigenvalue weighted by atomic mass is 16.5. The van der Waals surface area contributed by atoms with Crippen LogP contribution >= 0.6 is 0 Å². The second-order valence-electron chi connectivity index (χ2n) is 4.95. The van der Waals surface area contributed by atoms with E-state index in [-0.39, 0.29) is 18.9 Å². The van der Waals surface area contributed by atoms with Gasteiger partial charge in [0.05, 0.1) is 20.8 Å². The average Bonchev–Trinajstić information content (AvgIpc) is 2.58. The first-order valence-corrected chi connectivity index (χ1v) is 7.46. The van der Waals surface area contributed by atoms with E-state index >= 15 is 0 Å². The Morgan fingerprint density at radius 2 is 1.75 bits per heavy atom. The van der Waals surface area contributed by atoms with Crippen molar-refractivity contribution in [1.82, 2.24) is 10.6 Å². The maximum Gasteiger partial charge on any atom is 0.303 e. The number of hydrogen-bond acceptors (Lipinski definition) is 5. The second kappa shape index (κ2) is 10.1. The van der Waals surface area contributed by atoms with Crippen LogP contribution in [0.4, 0.5) is 0 Å². The number of carbonyl (C=O) groups excluding carboxylic acids is 2. The van der Waals surface area contributed by atoms with Crippen LogP contribution in [-0.4, -0.2) is 50.2 Å². The Kier molecular flexibility index (Phi) is 8.10. The van der Waals surface area contributed by atoms with Gasteiger partial charge in [-0.15, -0.1) is 0 Å². The predicted octanol–water partition coefficient (Wildman–Crippen LogP) is 0.805. The predicted molar refractivity (Wildman–Crippen MR) is 86.4 cm³/mol. The number of ether oxygens (including phenoxy) is 2. The van der Waals surface area contributed by atoms with Crippen LogP contribution in [0.2, 0.25) is 0 Å². The fourth-order valence-electron chi connectivity index (χ4n) is 1.93. The maximum absolute atomic E-state index is 12.0. The van der Waals surface area contributed by atoms with Crippen molar-refractivity contribution in [2.75, 3.05) is 27.3 Å². The smallest absolute Gasteiger partial charge is 0.303 e. The molecule has 1 rings (SSSR count). The van der Waals surface area contributed by atoms with Crippen molar-refractivity contribution in [2.45, 2.75) is 19.3 Å². The molecule has 8 nitrogen and oxygen atoms in total. The molecular formula is C16H22N2O6. The SMILES string of the molecule is COc1ccc(C(=O)NCC(=O)NCCCCC(=O)O)cc1OC. The number of rotatable bonds is 10. The average molecular weight is 338 g/mol. The molecule has 0 aliphatic heterocycles. The van der Waals surface area contributed by atoms with Crippen molar-refractivity contribution in [2.24, 2.45) is 0 Å². The highest BCUT2D eigenvalue weighted by Crippen LogP contribution is 2.27. The van der Waals surface area contributed by atoms with Crippen molar-refractivity contribution in [3.8, 4) is 11.5 Å². The maximum atomic E-state index is 12.0. The van der Waals surface area contributed by atoms with Gasteiger partial charge in [0.25, 0.3) is 5.91 Å². The molecular weight excluding hydrogens is 316 g/mol. The van der Waals surface area contributed by atoms with E-state index in [1.165, 1.54) is 20.3 Å². The molecule has 0 saturated carbocycles. The van der Waals surface area contributed by atoms with Gasteiger partial charge >= 0.3 is 5.97 Å². The summed E-state index contributed by atoms with van der Waals surface area (Å²) >= 11 is 0. The summed E-state index contributed by atoms with van der Waals surface area (Å²) in [7, 11) is 2.97. The molecule has 24 heavy (non-hydrogen) atoms. The first kappa shape index (κ1) is 19.3. The molecule has 0 aliphatic carbocycles. The Balaban J connectivity index is 2.37. The molecule has 0 aliphatic rings. The van der Waals surface area contributed by atoms with Crippen molar-refractivity contribution in [1.29, 1.82) is 0 Å². The fourth-order valence-corrected chi connectivity index (χ4v) is 1.93. The summed E-state index contributed by atoms with van der Waals surface area (Å²) in [6.45, 7) is 0.213. The number of carbonyl (C=O) groups is 3. The Morgan fingerprint density at radius 3 is 2.38 bits per heavy atom. The van der Waals surface area contributed by atoms with Crippen LogP contribution in [0.5, 0.6) is 11.5 Å². The molecule has 1 aromatic carbocycles. The summed E-state index contributed by atoms with van der Waals surface area (Å²) in [5, 5.41) is 13.6. The zero-order valence-corrected chi connectivity index (χ0v) is 13.8. The highest BCUT2D eigenvalue weighted by Gasteiger charge is 2.11. The van der Waals surface area contributed by atoms with Gasteiger partial charge in [-0.2, -0.15) is 0 Å². The van der Waals surface area contributed by atoms with Gasteiger partial charge < -0.3 is 25.2 Å². The normalized spacial score (nSPS) is 9.92. The van der Waals surface area contributed by atoms with Gasteiger partial charge in [0.2, 0.25) is 5.91 Å². The van der Waals surface area contributed by atoms with E-state index < -0.39 is 11.9 Å². The number of aliphatic carboxylic acids is 1. The first-order valence-electron chi connectivity index (χ1n) is 7.46. The monoisotopic (exact) mass is 338 g/mol. The number of hydrogen-bond donors (Lipinski definition) is 3. The van der Waals surface area contributed by atoms with E-state index in [4.69, 9.17) is 14.6 Å². The number of amides is 2. The zero-order valence-electron chi connectivity index (χ0n) is 13.8. The minimum absolute atomic E-state index is 0.0753. The fraction of sp³-hybridized carbons (Fsp3) is 0.438. The van der Waals surface area contributed by atoms with Gasteiger partial charge in [0.1, 0.15) is 0 Å².